The standard InChI is InChI=1S/C16H14F3NO2/c17-16(18,19)13-5-2-4-12(10-13)15(22)20-8-7-11-3-1-6-14(21)9-11/h1-6,9-10,21H,7-8H2,(H,20,22). The van der Waals surface area contributed by atoms with Gasteiger partial charge in [-0.3, -0.25) is 4.79 Å². The van der Waals surface area contributed by atoms with Crippen LogP contribution >= 0.6 is 0 Å². The van der Waals surface area contributed by atoms with Gasteiger partial charge in [-0.2, -0.15) is 13.2 Å². The van der Waals surface area contributed by atoms with E-state index < -0.39 is 17.6 Å². The second-order valence-corrected chi connectivity index (χ2v) is 4.75. The second kappa shape index (κ2) is 6.51. The molecule has 2 aromatic rings. The van der Waals surface area contributed by atoms with Crippen molar-refractivity contribution in [2.45, 2.75) is 12.6 Å². The maximum absolute atomic E-state index is 12.6. The van der Waals surface area contributed by atoms with Crippen molar-refractivity contribution in [2.24, 2.45) is 0 Å². The van der Waals surface area contributed by atoms with E-state index in [4.69, 9.17) is 0 Å². The zero-order valence-corrected chi connectivity index (χ0v) is 11.5. The molecule has 2 rings (SSSR count). The fraction of sp³-hybridized carbons (Fsp3) is 0.188. The van der Waals surface area contributed by atoms with Gasteiger partial charge in [0, 0.05) is 12.1 Å². The van der Waals surface area contributed by atoms with Crippen molar-refractivity contribution < 1.29 is 23.1 Å². The van der Waals surface area contributed by atoms with Gasteiger partial charge in [0.15, 0.2) is 0 Å². The van der Waals surface area contributed by atoms with Crippen molar-refractivity contribution in [1.29, 1.82) is 0 Å². The molecule has 0 radical (unpaired) electrons. The average molecular weight is 309 g/mol. The smallest absolute Gasteiger partial charge is 0.416 e. The summed E-state index contributed by atoms with van der Waals surface area (Å²) in [7, 11) is 0. The maximum Gasteiger partial charge on any atom is 0.416 e. The summed E-state index contributed by atoms with van der Waals surface area (Å²) < 4.78 is 37.8. The molecule has 0 aliphatic rings. The van der Waals surface area contributed by atoms with E-state index in [2.05, 4.69) is 5.32 Å². The summed E-state index contributed by atoms with van der Waals surface area (Å²) in [6.07, 6.45) is -4.00. The van der Waals surface area contributed by atoms with Crippen molar-refractivity contribution in [3.63, 3.8) is 0 Å². The van der Waals surface area contributed by atoms with Gasteiger partial charge in [-0.1, -0.05) is 18.2 Å². The summed E-state index contributed by atoms with van der Waals surface area (Å²) in [5, 5.41) is 11.9. The first-order chi connectivity index (χ1) is 10.4. The summed E-state index contributed by atoms with van der Waals surface area (Å²) in [4.78, 5) is 11.9. The molecule has 0 aliphatic heterocycles. The van der Waals surface area contributed by atoms with E-state index in [1.807, 2.05) is 0 Å². The van der Waals surface area contributed by atoms with Gasteiger partial charge in [-0.25, -0.2) is 0 Å². The van der Waals surface area contributed by atoms with E-state index >= 15 is 0 Å². The third kappa shape index (κ3) is 4.25. The lowest BCUT2D eigenvalue weighted by molar-refractivity contribution is -0.137. The molecule has 6 heteroatoms. The number of nitrogens with one attached hydrogen (secondary N) is 1. The molecule has 0 saturated carbocycles. The van der Waals surface area contributed by atoms with E-state index in [9.17, 15) is 23.1 Å². The number of hydrogen-bond donors (Lipinski definition) is 2. The minimum Gasteiger partial charge on any atom is -0.508 e. The number of benzene rings is 2. The normalized spacial score (nSPS) is 11.2. The molecule has 0 bridgehead atoms. The zero-order chi connectivity index (χ0) is 16.2. The predicted molar refractivity (Wildman–Crippen MR) is 75.6 cm³/mol. The van der Waals surface area contributed by atoms with Gasteiger partial charge in [0.2, 0.25) is 0 Å². The Kier molecular flexibility index (Phi) is 4.70. The number of alkyl halides is 3. The van der Waals surface area contributed by atoms with Gasteiger partial charge in [0.1, 0.15) is 5.75 Å². The minimum atomic E-state index is -4.47. The fourth-order valence-electron chi connectivity index (χ4n) is 1.97. The summed E-state index contributed by atoms with van der Waals surface area (Å²) in [6.45, 7) is 0.262. The van der Waals surface area contributed by atoms with Crippen molar-refractivity contribution in [1.82, 2.24) is 5.32 Å². The number of phenolic OH excluding ortho intramolecular Hbond substituents is 1. The molecule has 0 fully saturated rings. The molecule has 0 atom stereocenters. The first-order valence-electron chi connectivity index (χ1n) is 6.59. The topological polar surface area (TPSA) is 49.3 Å². The Morgan fingerprint density at radius 1 is 1.09 bits per heavy atom. The molecule has 0 unspecified atom stereocenters. The highest BCUT2D eigenvalue weighted by molar-refractivity contribution is 5.94. The van der Waals surface area contributed by atoms with Crippen molar-refractivity contribution in [3.05, 3.63) is 65.2 Å². The van der Waals surface area contributed by atoms with Crippen LogP contribution in [-0.4, -0.2) is 17.6 Å². The molecular weight excluding hydrogens is 295 g/mol. The number of halogens is 3. The van der Waals surface area contributed by atoms with Crippen LogP contribution in [0, 0.1) is 0 Å². The fourth-order valence-corrected chi connectivity index (χ4v) is 1.97. The largest absolute Gasteiger partial charge is 0.508 e. The van der Waals surface area contributed by atoms with E-state index in [1.54, 1.807) is 18.2 Å². The molecule has 116 valence electrons. The molecule has 2 aromatic carbocycles. The van der Waals surface area contributed by atoms with Crippen LogP contribution in [0.15, 0.2) is 48.5 Å². The van der Waals surface area contributed by atoms with E-state index in [-0.39, 0.29) is 17.9 Å². The third-order valence-electron chi connectivity index (χ3n) is 3.06. The Labute approximate surface area is 125 Å². The number of carbonyl (C=O) groups is 1. The number of aromatic hydroxyl groups is 1. The van der Waals surface area contributed by atoms with Gasteiger partial charge in [0.05, 0.1) is 5.56 Å². The van der Waals surface area contributed by atoms with Crippen LogP contribution < -0.4 is 5.32 Å². The van der Waals surface area contributed by atoms with E-state index in [1.165, 1.54) is 18.2 Å². The summed E-state index contributed by atoms with van der Waals surface area (Å²) in [5.74, 6) is -0.437. The number of carbonyl (C=O) groups excluding carboxylic acids is 1. The molecule has 2 N–H and O–H groups in total. The quantitative estimate of drug-likeness (QED) is 0.909. The van der Waals surface area contributed by atoms with E-state index in [0.29, 0.717) is 6.42 Å². The highest BCUT2D eigenvalue weighted by Gasteiger charge is 2.30. The van der Waals surface area contributed by atoms with Crippen LogP contribution in [0.25, 0.3) is 0 Å². The van der Waals surface area contributed by atoms with Crippen molar-refractivity contribution in [3.8, 4) is 5.75 Å². The monoisotopic (exact) mass is 309 g/mol. The van der Waals surface area contributed by atoms with E-state index in [0.717, 1.165) is 17.7 Å². The first kappa shape index (κ1) is 15.9. The highest BCUT2D eigenvalue weighted by Crippen LogP contribution is 2.29. The molecule has 0 aliphatic carbocycles. The molecule has 0 heterocycles. The van der Waals surface area contributed by atoms with Gasteiger partial charge in [-0.15, -0.1) is 0 Å². The lowest BCUT2D eigenvalue weighted by atomic mass is 10.1. The summed E-state index contributed by atoms with van der Waals surface area (Å²) in [6, 6.07) is 10.8. The van der Waals surface area contributed by atoms with Crippen LogP contribution in [0.2, 0.25) is 0 Å². The van der Waals surface area contributed by atoms with Crippen LogP contribution in [0.5, 0.6) is 5.75 Å². The second-order valence-electron chi connectivity index (χ2n) is 4.75. The van der Waals surface area contributed by atoms with Crippen molar-refractivity contribution >= 4 is 5.91 Å². The number of phenols is 1. The maximum atomic E-state index is 12.6. The lowest BCUT2D eigenvalue weighted by Gasteiger charge is -2.09. The van der Waals surface area contributed by atoms with Crippen LogP contribution in [0.4, 0.5) is 13.2 Å². The first-order valence-corrected chi connectivity index (χ1v) is 6.59. The van der Waals surface area contributed by atoms with Crippen LogP contribution in [0.3, 0.4) is 0 Å². The van der Waals surface area contributed by atoms with Crippen molar-refractivity contribution in [2.75, 3.05) is 6.54 Å². The molecule has 0 saturated heterocycles. The van der Waals surface area contributed by atoms with Gasteiger partial charge in [0.25, 0.3) is 5.91 Å². The number of hydrogen-bond acceptors (Lipinski definition) is 2. The Bertz CT molecular complexity index is 668. The predicted octanol–water partition coefficient (Wildman–Crippen LogP) is 3.38. The van der Waals surface area contributed by atoms with Gasteiger partial charge < -0.3 is 10.4 Å². The van der Waals surface area contributed by atoms with Crippen LogP contribution in [-0.2, 0) is 12.6 Å². The number of rotatable bonds is 4. The Morgan fingerprint density at radius 3 is 2.50 bits per heavy atom. The molecule has 3 nitrogen and oxygen atoms in total. The zero-order valence-electron chi connectivity index (χ0n) is 11.5. The number of amides is 1. The highest BCUT2D eigenvalue weighted by atomic mass is 19.4. The lowest BCUT2D eigenvalue weighted by Crippen LogP contribution is -2.26. The molecule has 0 spiro atoms. The summed E-state index contributed by atoms with van der Waals surface area (Å²) in [5.41, 5.74) is -0.0665. The molecule has 22 heavy (non-hydrogen) atoms. The van der Waals surface area contributed by atoms with Crippen LogP contribution in [0.1, 0.15) is 21.5 Å². The Hall–Kier alpha value is -2.50. The molecule has 1 amide bonds. The molecule has 0 aromatic heterocycles. The SMILES string of the molecule is O=C(NCCc1cccc(O)c1)c1cccc(C(F)(F)F)c1. The summed E-state index contributed by atoms with van der Waals surface area (Å²) >= 11 is 0. The molecular formula is C16H14F3NO2. The Morgan fingerprint density at radius 2 is 1.82 bits per heavy atom. The Balaban J connectivity index is 1.95. The third-order valence-corrected chi connectivity index (χ3v) is 3.06. The van der Waals surface area contributed by atoms with Gasteiger partial charge in [-0.05, 0) is 42.3 Å². The van der Waals surface area contributed by atoms with Gasteiger partial charge >= 0.3 is 6.18 Å². The minimum absolute atomic E-state index is 0.0364. The average Bonchev–Trinajstić information content (AvgIpc) is 2.46.